The van der Waals surface area contributed by atoms with Gasteiger partial charge < -0.3 is 9.67 Å². The normalized spacial score (nSPS) is 15.6. The maximum atomic E-state index is 15.0. The summed E-state index contributed by atoms with van der Waals surface area (Å²) in [4.78, 5) is 16.9. The van der Waals surface area contributed by atoms with Gasteiger partial charge in [-0.25, -0.2) is 9.37 Å². The molecule has 0 aliphatic heterocycles. The molecule has 1 N–H and O–H groups in total. The first-order valence-electron chi connectivity index (χ1n) is 11.3. The smallest absolute Gasteiger partial charge is 0.151 e. The average molecular weight is 417 g/mol. The van der Waals surface area contributed by atoms with E-state index in [-0.39, 0.29) is 11.2 Å². The lowest BCUT2D eigenvalue weighted by atomic mass is 9.88. The molecule has 1 fully saturated rings. The molecule has 0 radical (unpaired) electrons. The maximum Gasteiger partial charge on any atom is 0.151 e. The molecule has 3 rings (SSSR count). The molecule has 2 aromatic rings. The van der Waals surface area contributed by atoms with Crippen molar-refractivity contribution in [2.45, 2.75) is 105 Å². The maximum absolute atomic E-state index is 15.0. The summed E-state index contributed by atoms with van der Waals surface area (Å²) in [6.07, 6.45) is 6.98. The van der Waals surface area contributed by atoms with E-state index in [0.29, 0.717) is 35.7 Å². The Bertz CT molecular complexity index is 927. The second kappa shape index (κ2) is 8.41. The van der Waals surface area contributed by atoms with Crippen molar-refractivity contribution in [3.63, 3.8) is 0 Å². The lowest BCUT2D eigenvalue weighted by molar-refractivity contribution is -0.120. The van der Waals surface area contributed by atoms with Crippen LogP contribution in [0, 0.1) is 18.2 Å². The second-order valence-corrected chi connectivity index (χ2v) is 10.8. The largest absolute Gasteiger partial charge is 0.386 e. The zero-order chi connectivity index (χ0) is 22.3. The number of ketones is 1. The molecule has 0 spiro atoms. The van der Waals surface area contributed by atoms with Crippen molar-refractivity contribution in [3.05, 3.63) is 28.8 Å². The fourth-order valence-electron chi connectivity index (χ4n) is 4.57. The number of hydrogen-bond donors (Lipinski definition) is 1. The van der Waals surface area contributed by atoms with Crippen molar-refractivity contribution in [3.8, 4) is 0 Å². The van der Waals surface area contributed by atoms with Crippen LogP contribution >= 0.6 is 0 Å². The van der Waals surface area contributed by atoms with Crippen LogP contribution in [0.3, 0.4) is 0 Å². The summed E-state index contributed by atoms with van der Waals surface area (Å²) in [6, 6.07) is 1.78. The Morgan fingerprint density at radius 1 is 1.23 bits per heavy atom. The third-order valence-corrected chi connectivity index (χ3v) is 6.17. The van der Waals surface area contributed by atoms with Crippen molar-refractivity contribution >= 4 is 16.8 Å². The summed E-state index contributed by atoms with van der Waals surface area (Å²) in [5.74, 6) is 0.854. The van der Waals surface area contributed by atoms with Crippen LogP contribution in [0.2, 0.25) is 0 Å². The van der Waals surface area contributed by atoms with Crippen LogP contribution in [-0.4, -0.2) is 20.4 Å². The molecule has 1 aromatic heterocycles. The van der Waals surface area contributed by atoms with E-state index in [9.17, 15) is 14.3 Å². The number of imidazole rings is 1. The molecule has 0 amide bonds. The Hall–Kier alpha value is -1.75. The summed E-state index contributed by atoms with van der Waals surface area (Å²) in [6.45, 7) is 11.6. The number of unbranched alkanes of at least 4 members (excludes halogenated alkanes) is 1. The zero-order valence-corrected chi connectivity index (χ0v) is 19.4. The van der Waals surface area contributed by atoms with E-state index in [1.54, 1.807) is 13.8 Å². The number of hydrogen-bond acceptors (Lipinski definition) is 3. The molecule has 0 unspecified atom stereocenters. The third-order valence-electron chi connectivity index (χ3n) is 6.17. The molecule has 1 aliphatic rings. The van der Waals surface area contributed by atoms with Crippen molar-refractivity contribution in [1.82, 2.24) is 9.55 Å². The van der Waals surface area contributed by atoms with Gasteiger partial charge in [0.1, 0.15) is 17.1 Å². The SMILES string of the molecule is Cc1c(C(C)(C)O)cc(F)c2nc(CCCCC(=O)CC(C)(C)C)n(C3CCC3)c12. The number of carbonyl (C=O) groups is 1. The first-order chi connectivity index (χ1) is 13.9. The number of halogens is 1. The highest BCUT2D eigenvalue weighted by molar-refractivity contribution is 5.82. The molecule has 0 atom stereocenters. The number of aryl methyl sites for hydroxylation is 2. The highest BCUT2D eigenvalue weighted by atomic mass is 19.1. The topological polar surface area (TPSA) is 55.1 Å². The number of aliphatic hydroxyl groups is 1. The van der Waals surface area contributed by atoms with Crippen LogP contribution in [0.1, 0.15) is 103 Å². The van der Waals surface area contributed by atoms with Gasteiger partial charge in [0.05, 0.1) is 11.1 Å². The highest BCUT2D eigenvalue weighted by Gasteiger charge is 2.30. The molecule has 0 bridgehead atoms. The van der Waals surface area contributed by atoms with Gasteiger partial charge in [0.15, 0.2) is 5.82 Å². The van der Waals surface area contributed by atoms with Gasteiger partial charge in [-0.2, -0.15) is 0 Å². The Balaban J connectivity index is 1.85. The number of benzene rings is 1. The Morgan fingerprint density at radius 3 is 2.43 bits per heavy atom. The number of nitrogens with zero attached hydrogens (tertiary/aromatic N) is 2. The first-order valence-corrected chi connectivity index (χ1v) is 11.3. The first kappa shape index (κ1) is 22.9. The summed E-state index contributed by atoms with van der Waals surface area (Å²) >= 11 is 0. The lowest BCUT2D eigenvalue weighted by Gasteiger charge is -2.30. The standard InChI is InChI=1S/C25H37FN2O2/c1-16-19(25(5,6)30)14-20(26)22-23(16)28(17-10-9-11-17)21(27-22)13-8-7-12-18(29)15-24(2,3)4/h14,17,30H,7-13,15H2,1-6H3. The fraction of sp³-hybridized carbons (Fsp3) is 0.680. The van der Waals surface area contributed by atoms with Crippen molar-refractivity contribution in [2.75, 3.05) is 0 Å². The summed E-state index contributed by atoms with van der Waals surface area (Å²) in [5.41, 5.74) is 1.68. The van der Waals surface area contributed by atoms with Crippen LogP contribution in [-0.2, 0) is 16.8 Å². The van der Waals surface area contributed by atoms with Crippen LogP contribution in [0.15, 0.2) is 6.07 Å². The van der Waals surface area contributed by atoms with Crippen molar-refractivity contribution in [2.24, 2.45) is 5.41 Å². The minimum absolute atomic E-state index is 0.0303. The van der Waals surface area contributed by atoms with Gasteiger partial charge in [0.25, 0.3) is 0 Å². The van der Waals surface area contributed by atoms with E-state index in [1.807, 2.05) is 6.92 Å². The predicted molar refractivity (Wildman–Crippen MR) is 119 cm³/mol. The lowest BCUT2D eigenvalue weighted by Crippen LogP contribution is -2.21. The zero-order valence-electron chi connectivity index (χ0n) is 19.4. The molecule has 5 heteroatoms. The van der Waals surface area contributed by atoms with Gasteiger partial charge in [0.2, 0.25) is 0 Å². The van der Waals surface area contributed by atoms with E-state index < -0.39 is 5.60 Å². The van der Waals surface area contributed by atoms with Crippen LogP contribution in [0.4, 0.5) is 4.39 Å². The Morgan fingerprint density at radius 2 is 1.90 bits per heavy atom. The second-order valence-electron chi connectivity index (χ2n) is 10.8. The van der Waals surface area contributed by atoms with E-state index in [0.717, 1.165) is 49.0 Å². The molecule has 0 saturated heterocycles. The number of carbonyl (C=O) groups excluding carboxylic acids is 1. The van der Waals surface area contributed by atoms with Crippen LogP contribution < -0.4 is 0 Å². The quantitative estimate of drug-likeness (QED) is 0.525. The van der Waals surface area contributed by atoms with Gasteiger partial charge in [0, 0.05) is 25.3 Å². The molecule has 1 saturated carbocycles. The Kier molecular flexibility index (Phi) is 6.43. The summed E-state index contributed by atoms with van der Waals surface area (Å²) in [7, 11) is 0. The molecule has 1 heterocycles. The number of rotatable bonds is 8. The fourth-order valence-corrected chi connectivity index (χ4v) is 4.57. The molecule has 30 heavy (non-hydrogen) atoms. The minimum atomic E-state index is -1.11. The summed E-state index contributed by atoms with van der Waals surface area (Å²) < 4.78 is 17.2. The van der Waals surface area contributed by atoms with E-state index in [4.69, 9.17) is 4.98 Å². The molecular formula is C25H37FN2O2. The predicted octanol–water partition coefficient (Wildman–Crippen LogP) is 6.15. The van der Waals surface area contributed by atoms with Crippen LogP contribution in [0.25, 0.3) is 11.0 Å². The molecular weight excluding hydrogens is 379 g/mol. The van der Waals surface area contributed by atoms with Gasteiger partial charge in [-0.05, 0) is 75.5 Å². The van der Waals surface area contributed by atoms with Crippen LogP contribution in [0.5, 0.6) is 0 Å². The van der Waals surface area contributed by atoms with E-state index >= 15 is 0 Å². The van der Waals surface area contributed by atoms with E-state index in [1.165, 1.54) is 12.5 Å². The average Bonchev–Trinajstić information content (AvgIpc) is 2.91. The minimum Gasteiger partial charge on any atom is -0.386 e. The molecule has 166 valence electrons. The highest BCUT2D eigenvalue weighted by Crippen LogP contribution is 2.39. The van der Waals surface area contributed by atoms with Gasteiger partial charge >= 0.3 is 0 Å². The van der Waals surface area contributed by atoms with Gasteiger partial charge in [-0.3, -0.25) is 4.79 Å². The van der Waals surface area contributed by atoms with Gasteiger partial charge in [-0.15, -0.1) is 0 Å². The number of Topliss-reactive ketones (excluding diaryl/α,β-unsaturated/α-hetero) is 1. The monoisotopic (exact) mass is 416 g/mol. The van der Waals surface area contributed by atoms with E-state index in [2.05, 4.69) is 25.3 Å². The molecule has 4 nitrogen and oxygen atoms in total. The third kappa shape index (κ3) is 4.93. The Labute approximate surface area is 179 Å². The number of fused-ring (bicyclic) bond motifs is 1. The molecule has 1 aromatic carbocycles. The summed E-state index contributed by atoms with van der Waals surface area (Å²) in [5, 5.41) is 10.5. The molecule has 1 aliphatic carbocycles. The number of aromatic nitrogens is 2. The van der Waals surface area contributed by atoms with Crippen molar-refractivity contribution in [1.29, 1.82) is 0 Å². The van der Waals surface area contributed by atoms with Crippen molar-refractivity contribution < 1.29 is 14.3 Å². The van der Waals surface area contributed by atoms with Gasteiger partial charge in [-0.1, -0.05) is 20.8 Å².